The molecule has 1 unspecified atom stereocenters. The molecule has 1 aromatic heterocycles. The van der Waals surface area contributed by atoms with Crippen molar-refractivity contribution in [3.63, 3.8) is 0 Å². The Bertz CT molecular complexity index is 1780. The summed E-state index contributed by atoms with van der Waals surface area (Å²) >= 11 is 6.90. The molecule has 4 heterocycles. The lowest BCUT2D eigenvalue weighted by atomic mass is 9.92. The highest BCUT2D eigenvalue weighted by Crippen LogP contribution is 2.48. The van der Waals surface area contributed by atoms with Gasteiger partial charge in [-0.05, 0) is 69.7 Å². The van der Waals surface area contributed by atoms with E-state index in [2.05, 4.69) is 41.0 Å². The fourth-order valence-electron chi connectivity index (χ4n) is 6.92. The van der Waals surface area contributed by atoms with E-state index in [0.29, 0.717) is 37.1 Å². The van der Waals surface area contributed by atoms with Crippen LogP contribution in [-0.2, 0) is 0 Å². The molecule has 7 nitrogen and oxygen atoms in total. The third-order valence-electron chi connectivity index (χ3n) is 9.61. The van der Waals surface area contributed by atoms with Crippen LogP contribution in [0.15, 0.2) is 24.3 Å². The van der Waals surface area contributed by atoms with E-state index in [4.69, 9.17) is 22.1 Å². The lowest BCUT2D eigenvalue weighted by Gasteiger charge is -2.30. The summed E-state index contributed by atoms with van der Waals surface area (Å²) in [7, 11) is 0. The Kier molecular flexibility index (Phi) is 8.66. The molecule has 3 atom stereocenters. The lowest BCUT2D eigenvalue weighted by molar-refractivity contribution is 0.108. The van der Waals surface area contributed by atoms with Crippen LogP contribution in [0.3, 0.4) is 0 Å². The Labute approximate surface area is 269 Å². The quantitative estimate of drug-likeness (QED) is 0.169. The number of rotatable bonds is 8. The van der Waals surface area contributed by atoms with Gasteiger partial charge in [0, 0.05) is 47.4 Å². The summed E-state index contributed by atoms with van der Waals surface area (Å²) in [6, 6.07) is 0.954. The number of aryl methyl sites for hydroxylation is 1. The first-order valence-electron chi connectivity index (χ1n) is 15.4. The zero-order chi connectivity index (χ0) is 33.1. The summed E-state index contributed by atoms with van der Waals surface area (Å²) in [4.78, 5) is 11.1. The molecule has 246 valence electrons. The summed E-state index contributed by atoms with van der Waals surface area (Å²) in [6.45, 7) is 11.1. The first-order chi connectivity index (χ1) is 21.8. The van der Waals surface area contributed by atoms with Crippen molar-refractivity contribution in [3.8, 4) is 17.1 Å². The number of nitrogen functional groups attached to an aromatic ring is 1. The first kappa shape index (κ1) is 32.5. The Morgan fingerprint density at radius 3 is 2.72 bits per heavy atom. The maximum absolute atomic E-state index is 16.7. The summed E-state index contributed by atoms with van der Waals surface area (Å²) in [6.07, 6.45) is 1.23. The van der Waals surface area contributed by atoms with Crippen LogP contribution in [0, 0.1) is 24.4 Å². The Morgan fingerprint density at radius 1 is 1.24 bits per heavy atom. The minimum absolute atomic E-state index is 0.00877. The highest BCUT2D eigenvalue weighted by molar-refractivity contribution is 6.37. The van der Waals surface area contributed by atoms with Crippen molar-refractivity contribution in [1.82, 2.24) is 20.2 Å². The van der Waals surface area contributed by atoms with Gasteiger partial charge in [0.1, 0.15) is 23.6 Å². The van der Waals surface area contributed by atoms with Gasteiger partial charge in [0.2, 0.25) is 0 Å². The van der Waals surface area contributed by atoms with E-state index in [-0.39, 0.29) is 81.7 Å². The van der Waals surface area contributed by atoms with E-state index in [1.54, 1.807) is 0 Å². The van der Waals surface area contributed by atoms with Gasteiger partial charge in [0.05, 0.1) is 15.9 Å². The van der Waals surface area contributed by atoms with Gasteiger partial charge in [0.25, 0.3) is 6.08 Å². The number of nitrogens with one attached hydrogen (secondary N) is 2. The van der Waals surface area contributed by atoms with Gasteiger partial charge >= 0.3 is 6.01 Å². The molecule has 0 saturated carbocycles. The van der Waals surface area contributed by atoms with Crippen molar-refractivity contribution in [2.75, 3.05) is 37.3 Å². The summed E-state index contributed by atoms with van der Waals surface area (Å²) in [5, 5.41) is 6.95. The lowest BCUT2D eigenvalue weighted by Crippen LogP contribution is -2.43. The van der Waals surface area contributed by atoms with Crippen molar-refractivity contribution in [2.24, 2.45) is 0 Å². The van der Waals surface area contributed by atoms with Crippen LogP contribution < -0.4 is 21.1 Å². The van der Waals surface area contributed by atoms with E-state index in [9.17, 15) is 13.2 Å². The molecule has 0 radical (unpaired) electrons. The van der Waals surface area contributed by atoms with Gasteiger partial charge in [-0.15, -0.1) is 0 Å². The molecule has 2 aromatic carbocycles. The zero-order valence-electron chi connectivity index (χ0n) is 25.9. The molecule has 3 aromatic rings. The number of benzene rings is 2. The number of ether oxygens (including phenoxy) is 1. The number of fused-ring (bicyclic) bond motifs is 1. The van der Waals surface area contributed by atoms with Crippen molar-refractivity contribution in [2.45, 2.75) is 70.5 Å². The molecule has 0 aliphatic carbocycles. The van der Waals surface area contributed by atoms with Gasteiger partial charge in [-0.3, -0.25) is 4.90 Å². The van der Waals surface area contributed by atoms with Crippen molar-refractivity contribution < 1.29 is 26.7 Å². The standard InChI is InChI=1S/C33H36ClF5N6O/c1-5-17(4)41-12-19-9-15(2)21-23-29(27(37)22(24(21)34)20-10-16(3)25(35)28(40)26(20)36)43-32(44-31(23)42-19)46-14-33-7-6-8-45(33)13-18(11-33)30(38)39/h10,17,19,41H,2,5-9,11-14,40H2,1,3-4H3,(H,42,43,44)/t17-,19-,33?/m1/s1. The summed E-state index contributed by atoms with van der Waals surface area (Å²) in [5.74, 6) is -2.83. The fraction of sp³-hybridized carbons (Fsp3) is 0.455. The molecule has 0 spiro atoms. The van der Waals surface area contributed by atoms with Gasteiger partial charge in [0.15, 0.2) is 17.5 Å². The molecule has 2 fully saturated rings. The van der Waals surface area contributed by atoms with Gasteiger partial charge in [-0.1, -0.05) is 25.1 Å². The summed E-state index contributed by atoms with van der Waals surface area (Å²) in [5.41, 5.74) is 4.41. The van der Waals surface area contributed by atoms with Crippen molar-refractivity contribution in [1.29, 1.82) is 0 Å². The number of nitrogens with zero attached hydrogens (tertiary/aromatic N) is 3. The van der Waals surface area contributed by atoms with Crippen LogP contribution in [-0.4, -0.2) is 58.7 Å². The fourth-order valence-corrected chi connectivity index (χ4v) is 7.33. The molecule has 3 aliphatic rings. The highest BCUT2D eigenvalue weighted by Gasteiger charge is 2.48. The highest BCUT2D eigenvalue weighted by atomic mass is 35.5. The summed E-state index contributed by atoms with van der Waals surface area (Å²) < 4.78 is 79.9. The molecule has 2 saturated heterocycles. The van der Waals surface area contributed by atoms with Gasteiger partial charge in [-0.2, -0.15) is 18.7 Å². The largest absolute Gasteiger partial charge is 0.461 e. The van der Waals surface area contributed by atoms with Gasteiger partial charge in [-0.25, -0.2) is 13.2 Å². The maximum atomic E-state index is 16.7. The van der Waals surface area contributed by atoms with Crippen molar-refractivity contribution in [3.05, 3.63) is 57.9 Å². The Morgan fingerprint density at radius 2 is 2.00 bits per heavy atom. The monoisotopic (exact) mass is 662 g/mol. The molecular formula is C33H36ClF5N6O. The second-order valence-corrected chi connectivity index (χ2v) is 13.1. The number of halogens is 6. The molecule has 0 bridgehead atoms. The zero-order valence-corrected chi connectivity index (χ0v) is 26.7. The number of aromatic nitrogens is 2. The second kappa shape index (κ2) is 12.3. The van der Waals surface area contributed by atoms with E-state index < -0.39 is 34.8 Å². The predicted molar refractivity (Wildman–Crippen MR) is 171 cm³/mol. The predicted octanol–water partition coefficient (Wildman–Crippen LogP) is 7.61. The Balaban J connectivity index is 1.50. The molecule has 6 rings (SSSR count). The van der Waals surface area contributed by atoms with Crippen LogP contribution in [0.25, 0.3) is 27.6 Å². The molecular weight excluding hydrogens is 627 g/mol. The third kappa shape index (κ3) is 5.47. The van der Waals surface area contributed by atoms with Crippen LogP contribution >= 0.6 is 11.6 Å². The van der Waals surface area contributed by atoms with E-state index in [1.165, 1.54) is 6.92 Å². The SMILES string of the molecule is C=C1C[C@H](CN[C@H](C)CC)Nc2nc(OCC34CCCN3CC(=C(F)F)C4)nc3c(F)c(-c4cc(C)c(F)c(N)c4F)c(Cl)c1c23. The molecule has 46 heavy (non-hydrogen) atoms. The van der Waals surface area contributed by atoms with Crippen LogP contribution in [0.1, 0.15) is 57.1 Å². The molecule has 0 amide bonds. The third-order valence-corrected chi connectivity index (χ3v) is 9.98. The normalized spacial score (nSPS) is 21.8. The first-order valence-corrected chi connectivity index (χ1v) is 15.8. The van der Waals surface area contributed by atoms with Crippen LogP contribution in [0.2, 0.25) is 5.02 Å². The topological polar surface area (TPSA) is 88.3 Å². The van der Waals surface area contributed by atoms with Crippen molar-refractivity contribution >= 4 is 39.6 Å². The molecule has 4 N–H and O–H groups in total. The average molecular weight is 663 g/mol. The average Bonchev–Trinajstić information content (AvgIpc) is 3.54. The minimum Gasteiger partial charge on any atom is -0.461 e. The van der Waals surface area contributed by atoms with Crippen LogP contribution in [0.5, 0.6) is 6.01 Å². The number of hydrogen-bond donors (Lipinski definition) is 3. The maximum Gasteiger partial charge on any atom is 0.319 e. The van der Waals surface area contributed by atoms with Crippen LogP contribution in [0.4, 0.5) is 33.5 Å². The molecule has 3 aliphatic heterocycles. The number of anilines is 2. The minimum atomic E-state index is -1.68. The number of nitrogens with two attached hydrogens (primary N) is 1. The second-order valence-electron chi connectivity index (χ2n) is 12.7. The van der Waals surface area contributed by atoms with E-state index in [1.807, 2.05) is 4.90 Å². The van der Waals surface area contributed by atoms with Gasteiger partial charge < -0.3 is 21.1 Å². The number of hydrogen-bond acceptors (Lipinski definition) is 7. The van der Waals surface area contributed by atoms with E-state index in [0.717, 1.165) is 18.9 Å². The Hall–Kier alpha value is -3.48. The van der Waals surface area contributed by atoms with E-state index >= 15 is 8.78 Å². The molecule has 13 heteroatoms. The smallest absolute Gasteiger partial charge is 0.319 e.